The number of rotatable bonds is 4. The number of hydrogen-bond acceptors (Lipinski definition) is 2. The molecule has 1 aliphatic rings. The van der Waals surface area contributed by atoms with E-state index in [-0.39, 0.29) is 12.0 Å². The Morgan fingerprint density at radius 3 is 2.42 bits per heavy atom. The molecule has 2 rings (SSSR count). The first-order valence-corrected chi connectivity index (χ1v) is 7.57. The van der Waals surface area contributed by atoms with Gasteiger partial charge in [0.25, 0.3) is 0 Å². The Kier molecular flexibility index (Phi) is 4.51. The zero-order valence-corrected chi connectivity index (χ0v) is 12.2. The van der Waals surface area contributed by atoms with Gasteiger partial charge in [-0.3, -0.25) is 0 Å². The molecule has 0 aliphatic heterocycles. The Balaban J connectivity index is 2.44. The van der Waals surface area contributed by atoms with E-state index >= 15 is 0 Å². The van der Waals surface area contributed by atoms with E-state index in [1.165, 1.54) is 19.3 Å². The van der Waals surface area contributed by atoms with Gasteiger partial charge < -0.3 is 10.2 Å². The molecule has 0 amide bonds. The van der Waals surface area contributed by atoms with Crippen LogP contribution in [0.1, 0.15) is 62.6 Å². The predicted molar refractivity (Wildman–Crippen MR) is 78.7 cm³/mol. The summed E-state index contributed by atoms with van der Waals surface area (Å²) in [5.74, 6) is 0.494. The maximum Gasteiger partial charge on any atom is 0.122 e. The molecule has 1 saturated carbocycles. The van der Waals surface area contributed by atoms with Crippen LogP contribution in [0.3, 0.4) is 0 Å². The fraction of sp³-hybridized carbons (Fsp3) is 0.647. The molecule has 106 valence electrons. The van der Waals surface area contributed by atoms with Crippen LogP contribution in [-0.2, 0) is 18.3 Å². The van der Waals surface area contributed by atoms with E-state index in [2.05, 4.69) is 19.9 Å². The topological polar surface area (TPSA) is 40.5 Å². The summed E-state index contributed by atoms with van der Waals surface area (Å²) < 4.78 is 0. The molecule has 0 saturated heterocycles. The van der Waals surface area contributed by atoms with Crippen molar-refractivity contribution in [1.82, 2.24) is 0 Å². The third-order valence-corrected chi connectivity index (χ3v) is 4.64. The molecule has 0 unspecified atom stereocenters. The highest BCUT2D eigenvalue weighted by Crippen LogP contribution is 2.44. The fourth-order valence-electron chi connectivity index (χ4n) is 3.37. The summed E-state index contributed by atoms with van der Waals surface area (Å²) in [5.41, 5.74) is 3.39. The molecule has 0 heterocycles. The minimum atomic E-state index is 0.109. The summed E-state index contributed by atoms with van der Waals surface area (Å²) in [6, 6.07) is 4.16. The van der Waals surface area contributed by atoms with Crippen LogP contribution in [0.5, 0.6) is 5.75 Å². The van der Waals surface area contributed by atoms with Crippen LogP contribution in [0.2, 0.25) is 0 Å². The molecule has 0 radical (unpaired) electrons. The molecule has 2 heteroatoms. The monoisotopic (exact) mass is 262 g/mol. The normalized spacial score (nSPS) is 18.5. The molecule has 1 fully saturated rings. The zero-order valence-electron chi connectivity index (χ0n) is 12.2. The van der Waals surface area contributed by atoms with Crippen molar-refractivity contribution >= 4 is 0 Å². The van der Waals surface area contributed by atoms with Gasteiger partial charge in [-0.2, -0.15) is 0 Å². The lowest BCUT2D eigenvalue weighted by Gasteiger charge is -2.35. The largest absolute Gasteiger partial charge is 0.507 e. The molecule has 1 aromatic rings. The minimum absolute atomic E-state index is 0.109. The van der Waals surface area contributed by atoms with Crippen LogP contribution < -0.4 is 0 Å². The van der Waals surface area contributed by atoms with Gasteiger partial charge in [0, 0.05) is 12.2 Å². The number of benzene rings is 1. The molecule has 1 aromatic carbocycles. The van der Waals surface area contributed by atoms with E-state index in [1.807, 2.05) is 6.07 Å². The van der Waals surface area contributed by atoms with Crippen molar-refractivity contribution in [2.24, 2.45) is 0 Å². The van der Waals surface area contributed by atoms with Gasteiger partial charge in [0.1, 0.15) is 5.75 Å². The summed E-state index contributed by atoms with van der Waals surface area (Å²) in [6.45, 7) is 4.53. The third-order valence-electron chi connectivity index (χ3n) is 4.64. The Hall–Kier alpha value is -1.02. The Bertz CT molecular complexity index is 431. The molecular weight excluding hydrogens is 236 g/mol. The molecule has 0 atom stereocenters. The van der Waals surface area contributed by atoms with Crippen LogP contribution >= 0.6 is 0 Å². The summed E-state index contributed by atoms with van der Waals surface area (Å²) in [4.78, 5) is 0. The Morgan fingerprint density at radius 2 is 1.84 bits per heavy atom. The summed E-state index contributed by atoms with van der Waals surface area (Å²) in [7, 11) is 0. The van der Waals surface area contributed by atoms with Gasteiger partial charge in [-0.1, -0.05) is 45.2 Å². The average molecular weight is 262 g/mol. The van der Waals surface area contributed by atoms with E-state index in [1.54, 1.807) is 0 Å². The maximum absolute atomic E-state index is 10.5. The van der Waals surface area contributed by atoms with Crippen molar-refractivity contribution in [3.63, 3.8) is 0 Å². The lowest BCUT2D eigenvalue weighted by molar-refractivity contribution is 0.297. The van der Waals surface area contributed by atoms with Crippen LogP contribution in [0, 0.1) is 0 Å². The summed E-state index contributed by atoms with van der Waals surface area (Å²) >= 11 is 0. The highest BCUT2D eigenvalue weighted by atomic mass is 16.3. The van der Waals surface area contributed by atoms with Crippen molar-refractivity contribution in [2.45, 2.75) is 64.2 Å². The fourth-order valence-corrected chi connectivity index (χ4v) is 3.37. The second kappa shape index (κ2) is 5.96. The quantitative estimate of drug-likeness (QED) is 0.868. The first kappa shape index (κ1) is 14.4. The molecule has 0 bridgehead atoms. The first-order chi connectivity index (χ1) is 9.10. The van der Waals surface area contributed by atoms with Crippen LogP contribution in [0.4, 0.5) is 0 Å². The highest BCUT2D eigenvalue weighted by Gasteiger charge is 2.32. The predicted octanol–water partition coefficient (Wildman–Crippen LogP) is 3.71. The molecular formula is C17H26O2. The second-order valence-electron chi connectivity index (χ2n) is 6.10. The lowest BCUT2D eigenvalue weighted by atomic mass is 9.70. The number of phenolic OH excluding ortho intramolecular Hbond substituents is 1. The number of aromatic hydroxyl groups is 1. The van der Waals surface area contributed by atoms with E-state index in [0.29, 0.717) is 12.2 Å². The van der Waals surface area contributed by atoms with Gasteiger partial charge in [-0.15, -0.1) is 0 Å². The molecule has 1 aliphatic carbocycles. The summed E-state index contributed by atoms with van der Waals surface area (Å²) in [6.07, 6.45) is 7.65. The van der Waals surface area contributed by atoms with Crippen molar-refractivity contribution in [1.29, 1.82) is 0 Å². The van der Waals surface area contributed by atoms with E-state index in [9.17, 15) is 5.11 Å². The number of phenols is 1. The molecule has 19 heavy (non-hydrogen) atoms. The molecule has 0 aromatic heterocycles. The molecule has 0 spiro atoms. The smallest absolute Gasteiger partial charge is 0.122 e. The van der Waals surface area contributed by atoms with E-state index in [0.717, 1.165) is 36.0 Å². The standard InChI is InChI=1S/C17H26O2/c1-3-14-11-13(7-10-18)12-15(16(14)19)17(2)8-5-4-6-9-17/h11-12,18-19H,3-10H2,1-2H3. The van der Waals surface area contributed by atoms with Crippen molar-refractivity contribution in [2.75, 3.05) is 6.61 Å². The van der Waals surface area contributed by atoms with Crippen molar-refractivity contribution in [3.05, 3.63) is 28.8 Å². The van der Waals surface area contributed by atoms with Crippen LogP contribution in [0.25, 0.3) is 0 Å². The minimum Gasteiger partial charge on any atom is -0.507 e. The number of hydrogen-bond donors (Lipinski definition) is 2. The molecule has 2 N–H and O–H groups in total. The van der Waals surface area contributed by atoms with Crippen molar-refractivity contribution in [3.8, 4) is 5.75 Å². The van der Waals surface area contributed by atoms with E-state index in [4.69, 9.17) is 5.11 Å². The van der Waals surface area contributed by atoms with Gasteiger partial charge in [-0.05, 0) is 42.2 Å². The van der Waals surface area contributed by atoms with Crippen LogP contribution in [0.15, 0.2) is 12.1 Å². The van der Waals surface area contributed by atoms with Crippen LogP contribution in [-0.4, -0.2) is 16.8 Å². The maximum atomic E-state index is 10.5. The van der Waals surface area contributed by atoms with Crippen molar-refractivity contribution < 1.29 is 10.2 Å². The number of aliphatic hydroxyl groups is 1. The van der Waals surface area contributed by atoms with Gasteiger partial charge in [0.2, 0.25) is 0 Å². The Labute approximate surface area is 116 Å². The first-order valence-electron chi connectivity index (χ1n) is 7.57. The van der Waals surface area contributed by atoms with Gasteiger partial charge in [-0.25, -0.2) is 0 Å². The SMILES string of the molecule is CCc1cc(CCO)cc(C2(C)CCCCC2)c1O. The number of aryl methyl sites for hydroxylation is 1. The lowest BCUT2D eigenvalue weighted by Crippen LogP contribution is -2.25. The second-order valence-corrected chi connectivity index (χ2v) is 6.10. The summed E-state index contributed by atoms with van der Waals surface area (Å²) in [5, 5.41) is 19.7. The zero-order chi connectivity index (χ0) is 13.9. The van der Waals surface area contributed by atoms with Gasteiger partial charge in [0.15, 0.2) is 0 Å². The van der Waals surface area contributed by atoms with Gasteiger partial charge >= 0.3 is 0 Å². The number of aliphatic hydroxyl groups excluding tert-OH is 1. The highest BCUT2D eigenvalue weighted by molar-refractivity contribution is 5.48. The molecule has 2 nitrogen and oxygen atoms in total. The Morgan fingerprint density at radius 1 is 1.16 bits per heavy atom. The van der Waals surface area contributed by atoms with Gasteiger partial charge in [0.05, 0.1) is 0 Å². The average Bonchev–Trinajstić information content (AvgIpc) is 2.41. The third kappa shape index (κ3) is 2.94. The van der Waals surface area contributed by atoms with E-state index < -0.39 is 0 Å².